The number of fused-ring (bicyclic) bond motifs is 1. The summed E-state index contributed by atoms with van der Waals surface area (Å²) in [5.74, 6) is -0.261. The summed E-state index contributed by atoms with van der Waals surface area (Å²) in [5.41, 5.74) is 3.65. The van der Waals surface area contributed by atoms with E-state index in [0.29, 0.717) is 17.1 Å². The lowest BCUT2D eigenvalue weighted by atomic mass is 10.1. The molecule has 136 valence electrons. The van der Waals surface area contributed by atoms with E-state index in [1.54, 1.807) is 18.2 Å². The zero-order valence-corrected chi connectivity index (χ0v) is 13.8. The van der Waals surface area contributed by atoms with Crippen molar-refractivity contribution < 1.29 is 22.3 Å². The van der Waals surface area contributed by atoms with Crippen molar-refractivity contribution in [2.75, 3.05) is 5.32 Å². The van der Waals surface area contributed by atoms with Crippen LogP contribution in [0.4, 0.5) is 24.9 Å². The summed E-state index contributed by atoms with van der Waals surface area (Å²) in [6.07, 6.45) is -4.71. The number of rotatable bonds is 4. The van der Waals surface area contributed by atoms with Crippen molar-refractivity contribution in [1.82, 2.24) is 4.98 Å². The maximum Gasteiger partial charge on any atom is 0.573 e. The fourth-order valence-electron chi connectivity index (χ4n) is 2.65. The molecule has 4 nitrogen and oxygen atoms in total. The van der Waals surface area contributed by atoms with Crippen LogP contribution < -0.4 is 10.1 Å². The van der Waals surface area contributed by atoms with Crippen LogP contribution in [-0.4, -0.2) is 11.3 Å². The molecule has 0 aliphatic heterocycles. The minimum atomic E-state index is -4.71. The van der Waals surface area contributed by atoms with Crippen molar-refractivity contribution in [2.24, 2.45) is 0 Å². The van der Waals surface area contributed by atoms with Gasteiger partial charge in [0.05, 0.1) is 0 Å². The molecule has 0 bridgehead atoms. The molecule has 0 fully saturated rings. The van der Waals surface area contributed by atoms with Gasteiger partial charge < -0.3 is 14.5 Å². The minimum Gasteiger partial charge on any atom is -0.423 e. The molecule has 0 aliphatic rings. The smallest absolute Gasteiger partial charge is 0.423 e. The Morgan fingerprint density at radius 2 is 1.56 bits per heavy atom. The Morgan fingerprint density at radius 1 is 0.852 bits per heavy atom. The van der Waals surface area contributed by atoms with Crippen LogP contribution in [0.2, 0.25) is 0 Å². The average molecular weight is 370 g/mol. The summed E-state index contributed by atoms with van der Waals surface area (Å²) >= 11 is 0. The zero-order valence-electron chi connectivity index (χ0n) is 13.8. The Morgan fingerprint density at radius 3 is 2.26 bits per heavy atom. The normalized spacial score (nSPS) is 11.5. The molecule has 3 aromatic carbocycles. The molecular weight excluding hydrogens is 357 g/mol. The molecule has 27 heavy (non-hydrogen) atoms. The van der Waals surface area contributed by atoms with E-state index in [4.69, 9.17) is 4.42 Å². The Kier molecular flexibility index (Phi) is 4.19. The highest BCUT2D eigenvalue weighted by Gasteiger charge is 2.30. The molecule has 0 saturated heterocycles. The summed E-state index contributed by atoms with van der Waals surface area (Å²) in [6, 6.07) is 20.9. The van der Waals surface area contributed by atoms with Gasteiger partial charge >= 0.3 is 6.36 Å². The van der Waals surface area contributed by atoms with Gasteiger partial charge in [0.25, 0.3) is 6.01 Å². The lowest BCUT2D eigenvalue weighted by molar-refractivity contribution is -0.274. The number of benzene rings is 3. The fourth-order valence-corrected chi connectivity index (χ4v) is 2.65. The molecule has 1 N–H and O–H groups in total. The summed E-state index contributed by atoms with van der Waals surface area (Å²) in [6.45, 7) is 0. The van der Waals surface area contributed by atoms with Gasteiger partial charge in [0.1, 0.15) is 11.3 Å². The quantitative estimate of drug-likeness (QED) is 0.469. The van der Waals surface area contributed by atoms with Gasteiger partial charge in [-0.3, -0.25) is 0 Å². The first-order valence-electron chi connectivity index (χ1n) is 8.05. The molecule has 0 radical (unpaired) electrons. The first-order chi connectivity index (χ1) is 13.0. The van der Waals surface area contributed by atoms with Crippen LogP contribution in [0.1, 0.15) is 0 Å². The molecule has 0 aliphatic carbocycles. The van der Waals surface area contributed by atoms with Gasteiger partial charge in [0.2, 0.25) is 0 Å². The van der Waals surface area contributed by atoms with Crippen LogP contribution in [0, 0.1) is 0 Å². The molecular formula is C20H13F3N2O2. The van der Waals surface area contributed by atoms with Gasteiger partial charge in [-0.05, 0) is 47.5 Å². The third-order valence-electron chi connectivity index (χ3n) is 3.83. The largest absolute Gasteiger partial charge is 0.573 e. The maximum atomic E-state index is 12.3. The van der Waals surface area contributed by atoms with E-state index < -0.39 is 6.36 Å². The number of nitrogens with one attached hydrogen (secondary N) is 1. The Labute approximate surface area is 152 Å². The molecule has 7 heteroatoms. The van der Waals surface area contributed by atoms with E-state index in [1.807, 2.05) is 42.5 Å². The molecule has 0 unspecified atom stereocenters. The van der Waals surface area contributed by atoms with Gasteiger partial charge in [-0.15, -0.1) is 13.2 Å². The zero-order chi connectivity index (χ0) is 18.9. The fraction of sp³-hybridized carbons (Fsp3) is 0.0500. The molecule has 4 rings (SSSR count). The number of para-hydroxylation sites is 1. The second-order valence-electron chi connectivity index (χ2n) is 5.76. The van der Waals surface area contributed by atoms with Crippen molar-refractivity contribution in [1.29, 1.82) is 0 Å². The first-order valence-corrected chi connectivity index (χ1v) is 8.05. The number of alkyl halides is 3. The highest BCUT2D eigenvalue weighted by molar-refractivity contribution is 5.82. The summed E-state index contributed by atoms with van der Waals surface area (Å²) < 4.78 is 46.3. The number of halogens is 3. The summed E-state index contributed by atoms with van der Waals surface area (Å²) in [5, 5.41) is 3.08. The number of aromatic nitrogens is 1. The van der Waals surface area contributed by atoms with Crippen LogP contribution in [0.25, 0.3) is 22.2 Å². The Hall–Kier alpha value is -3.48. The lowest BCUT2D eigenvalue weighted by Gasteiger charge is -2.09. The molecule has 0 atom stereocenters. The monoisotopic (exact) mass is 370 g/mol. The van der Waals surface area contributed by atoms with Crippen LogP contribution in [0.3, 0.4) is 0 Å². The maximum absolute atomic E-state index is 12.3. The van der Waals surface area contributed by atoms with Crippen molar-refractivity contribution in [3.63, 3.8) is 0 Å². The third kappa shape index (κ3) is 4.03. The molecule has 1 heterocycles. The lowest BCUT2D eigenvalue weighted by Crippen LogP contribution is -2.16. The number of hydrogen-bond donors (Lipinski definition) is 1. The second kappa shape index (κ2) is 6.68. The van der Waals surface area contributed by atoms with E-state index in [2.05, 4.69) is 15.0 Å². The standard InChI is InChI=1S/C20H13F3N2O2/c21-20(22,23)27-16-9-6-13(7-10-16)14-8-11-18-17(12-14)25-19(26-18)24-15-4-2-1-3-5-15/h1-12H,(H,24,25). The van der Waals surface area contributed by atoms with Gasteiger partial charge in [-0.25, -0.2) is 0 Å². The van der Waals surface area contributed by atoms with E-state index >= 15 is 0 Å². The molecule has 1 aromatic heterocycles. The van der Waals surface area contributed by atoms with Crippen molar-refractivity contribution in [3.8, 4) is 16.9 Å². The highest BCUT2D eigenvalue weighted by Crippen LogP contribution is 2.29. The predicted octanol–water partition coefficient (Wildman–Crippen LogP) is 6.14. The van der Waals surface area contributed by atoms with E-state index in [9.17, 15) is 13.2 Å². The number of oxazole rings is 1. The SMILES string of the molecule is FC(F)(F)Oc1ccc(-c2ccc3oc(Nc4ccccc4)nc3c2)cc1. The van der Waals surface area contributed by atoms with Crippen molar-refractivity contribution in [3.05, 3.63) is 72.8 Å². The number of hydrogen-bond acceptors (Lipinski definition) is 4. The van der Waals surface area contributed by atoms with Gasteiger partial charge in [-0.1, -0.05) is 36.4 Å². The van der Waals surface area contributed by atoms with Crippen LogP contribution in [0.5, 0.6) is 5.75 Å². The third-order valence-corrected chi connectivity index (χ3v) is 3.83. The predicted molar refractivity (Wildman–Crippen MR) is 95.9 cm³/mol. The van der Waals surface area contributed by atoms with Crippen molar-refractivity contribution >= 4 is 22.8 Å². The minimum absolute atomic E-state index is 0.261. The Balaban J connectivity index is 1.58. The van der Waals surface area contributed by atoms with E-state index in [-0.39, 0.29) is 5.75 Å². The molecule has 0 spiro atoms. The van der Waals surface area contributed by atoms with E-state index in [1.165, 1.54) is 12.1 Å². The topological polar surface area (TPSA) is 47.3 Å². The number of anilines is 2. The van der Waals surface area contributed by atoms with E-state index in [0.717, 1.165) is 16.8 Å². The molecule has 0 saturated carbocycles. The Bertz CT molecular complexity index is 1060. The summed E-state index contributed by atoms with van der Waals surface area (Å²) in [7, 11) is 0. The van der Waals surface area contributed by atoms with Crippen LogP contribution in [0.15, 0.2) is 77.2 Å². The second-order valence-corrected chi connectivity index (χ2v) is 5.76. The van der Waals surface area contributed by atoms with Crippen LogP contribution >= 0.6 is 0 Å². The van der Waals surface area contributed by atoms with Gasteiger partial charge in [-0.2, -0.15) is 4.98 Å². The van der Waals surface area contributed by atoms with Crippen molar-refractivity contribution in [2.45, 2.75) is 6.36 Å². The highest BCUT2D eigenvalue weighted by atomic mass is 19.4. The first kappa shape index (κ1) is 17.0. The molecule has 0 amide bonds. The molecule has 4 aromatic rings. The van der Waals surface area contributed by atoms with Gasteiger partial charge in [0.15, 0.2) is 5.58 Å². The average Bonchev–Trinajstić information content (AvgIpc) is 3.03. The number of ether oxygens (including phenoxy) is 1. The summed E-state index contributed by atoms with van der Waals surface area (Å²) in [4.78, 5) is 4.41. The van der Waals surface area contributed by atoms with Crippen LogP contribution in [-0.2, 0) is 0 Å². The van der Waals surface area contributed by atoms with Gasteiger partial charge in [0, 0.05) is 5.69 Å². The number of nitrogens with zero attached hydrogens (tertiary/aromatic N) is 1.